The van der Waals surface area contributed by atoms with E-state index in [-0.39, 0.29) is 18.0 Å². The second-order valence-corrected chi connectivity index (χ2v) is 7.12. The lowest BCUT2D eigenvalue weighted by Gasteiger charge is -2.11. The molecule has 7 heteroatoms. The molecular weight excluding hydrogens is 401 g/mol. The SMILES string of the molecule is O=C(Nc1cc(Cl)cc(Cl)c1)C1CC(c2ccc(Br)cc2)NN1. The van der Waals surface area contributed by atoms with Crippen molar-refractivity contribution in [3.05, 3.63) is 62.5 Å². The van der Waals surface area contributed by atoms with Crippen LogP contribution in [0, 0.1) is 0 Å². The Hall–Kier alpha value is -1.11. The first-order valence-electron chi connectivity index (χ1n) is 7.05. The van der Waals surface area contributed by atoms with E-state index in [0.717, 1.165) is 10.0 Å². The molecule has 2 aromatic carbocycles. The molecule has 0 bridgehead atoms. The third-order valence-corrected chi connectivity index (χ3v) is 4.59. The molecule has 0 spiro atoms. The van der Waals surface area contributed by atoms with Gasteiger partial charge in [0.1, 0.15) is 6.04 Å². The second kappa shape index (κ2) is 7.20. The number of carbonyl (C=O) groups is 1. The van der Waals surface area contributed by atoms with E-state index in [0.29, 0.717) is 22.2 Å². The minimum absolute atomic E-state index is 0.0850. The average molecular weight is 415 g/mol. The van der Waals surface area contributed by atoms with Gasteiger partial charge in [0.2, 0.25) is 5.91 Å². The van der Waals surface area contributed by atoms with E-state index in [1.165, 1.54) is 0 Å². The van der Waals surface area contributed by atoms with E-state index in [2.05, 4.69) is 32.1 Å². The van der Waals surface area contributed by atoms with E-state index in [4.69, 9.17) is 23.2 Å². The standard InChI is InChI=1S/C16H14BrCl2N3O/c17-10-3-1-9(2-4-10)14-8-15(22-21-14)16(23)20-13-6-11(18)5-12(19)7-13/h1-7,14-15,21-22H,8H2,(H,20,23). The molecule has 3 N–H and O–H groups in total. The molecular formula is C16H14BrCl2N3O. The Labute approximate surface area is 152 Å². The summed E-state index contributed by atoms with van der Waals surface area (Å²) in [7, 11) is 0. The summed E-state index contributed by atoms with van der Waals surface area (Å²) in [4.78, 5) is 12.4. The fourth-order valence-corrected chi connectivity index (χ4v) is 3.29. The molecule has 0 saturated carbocycles. The van der Waals surface area contributed by atoms with Crippen LogP contribution in [0.4, 0.5) is 5.69 Å². The molecule has 23 heavy (non-hydrogen) atoms. The lowest BCUT2D eigenvalue weighted by molar-refractivity contribution is -0.117. The van der Waals surface area contributed by atoms with Crippen LogP contribution in [0.25, 0.3) is 0 Å². The van der Waals surface area contributed by atoms with Crippen molar-refractivity contribution in [2.24, 2.45) is 0 Å². The molecule has 1 heterocycles. The summed E-state index contributed by atoms with van der Waals surface area (Å²) in [6, 6.07) is 12.7. The zero-order chi connectivity index (χ0) is 16.4. The minimum atomic E-state index is -0.332. The number of anilines is 1. The number of hydrazine groups is 1. The first-order valence-corrected chi connectivity index (χ1v) is 8.59. The average Bonchev–Trinajstić information content (AvgIpc) is 2.97. The third kappa shape index (κ3) is 4.25. The van der Waals surface area contributed by atoms with Crippen molar-refractivity contribution >= 4 is 50.7 Å². The van der Waals surface area contributed by atoms with Gasteiger partial charge in [-0.2, -0.15) is 0 Å². The molecule has 120 valence electrons. The van der Waals surface area contributed by atoms with Crippen molar-refractivity contribution in [1.29, 1.82) is 0 Å². The van der Waals surface area contributed by atoms with Gasteiger partial charge in [-0.3, -0.25) is 4.79 Å². The van der Waals surface area contributed by atoms with Gasteiger partial charge in [-0.1, -0.05) is 51.3 Å². The van der Waals surface area contributed by atoms with Crippen LogP contribution in [-0.2, 0) is 4.79 Å². The molecule has 1 amide bonds. The van der Waals surface area contributed by atoms with Crippen molar-refractivity contribution in [1.82, 2.24) is 10.9 Å². The Kier molecular flexibility index (Phi) is 5.24. The predicted octanol–water partition coefficient (Wildman–Crippen LogP) is 4.30. The lowest BCUT2D eigenvalue weighted by Crippen LogP contribution is -2.39. The monoisotopic (exact) mass is 413 g/mol. The number of carbonyl (C=O) groups excluding carboxylic acids is 1. The van der Waals surface area contributed by atoms with Crippen LogP contribution in [0.3, 0.4) is 0 Å². The van der Waals surface area contributed by atoms with E-state index >= 15 is 0 Å². The molecule has 1 aliphatic rings. The molecule has 3 rings (SSSR count). The normalized spacial score (nSPS) is 20.5. The summed E-state index contributed by atoms with van der Waals surface area (Å²) < 4.78 is 1.03. The molecule has 2 unspecified atom stereocenters. The molecule has 1 fully saturated rings. The summed E-state index contributed by atoms with van der Waals surface area (Å²) in [5, 5.41) is 3.80. The van der Waals surface area contributed by atoms with Crippen molar-refractivity contribution in [2.75, 3.05) is 5.32 Å². The number of amides is 1. The molecule has 1 saturated heterocycles. The minimum Gasteiger partial charge on any atom is -0.325 e. The Bertz CT molecular complexity index is 704. The highest BCUT2D eigenvalue weighted by molar-refractivity contribution is 9.10. The van der Waals surface area contributed by atoms with Gasteiger partial charge >= 0.3 is 0 Å². The molecule has 0 aliphatic carbocycles. The summed E-state index contributed by atoms with van der Waals surface area (Å²) in [6.07, 6.45) is 0.655. The Morgan fingerprint density at radius 3 is 2.39 bits per heavy atom. The van der Waals surface area contributed by atoms with Crippen LogP contribution in [0.1, 0.15) is 18.0 Å². The topological polar surface area (TPSA) is 53.2 Å². The maximum absolute atomic E-state index is 12.4. The second-order valence-electron chi connectivity index (χ2n) is 5.33. The first-order chi connectivity index (χ1) is 11.0. The highest BCUT2D eigenvalue weighted by Gasteiger charge is 2.30. The van der Waals surface area contributed by atoms with Gasteiger partial charge < -0.3 is 5.32 Å². The van der Waals surface area contributed by atoms with Crippen LogP contribution in [0.15, 0.2) is 46.9 Å². The van der Waals surface area contributed by atoms with Gasteiger partial charge in [-0.25, -0.2) is 10.9 Å². The van der Waals surface area contributed by atoms with E-state index in [9.17, 15) is 4.79 Å². The van der Waals surface area contributed by atoms with Gasteiger partial charge in [-0.05, 0) is 42.3 Å². The summed E-state index contributed by atoms with van der Waals surface area (Å²) in [5.41, 5.74) is 7.89. The Balaban J connectivity index is 1.64. The molecule has 1 aliphatic heterocycles. The first kappa shape index (κ1) is 16.7. The van der Waals surface area contributed by atoms with Crippen LogP contribution in [0.5, 0.6) is 0 Å². The number of hydrogen-bond donors (Lipinski definition) is 3. The zero-order valence-corrected chi connectivity index (χ0v) is 15.0. The smallest absolute Gasteiger partial charge is 0.242 e. The summed E-state index contributed by atoms with van der Waals surface area (Å²) >= 11 is 15.3. The maximum atomic E-state index is 12.4. The van der Waals surface area contributed by atoms with Gasteiger partial charge in [0.05, 0.1) is 0 Å². The van der Waals surface area contributed by atoms with E-state index in [1.54, 1.807) is 18.2 Å². The highest BCUT2D eigenvalue weighted by atomic mass is 79.9. The fraction of sp³-hybridized carbons (Fsp3) is 0.188. The third-order valence-electron chi connectivity index (χ3n) is 3.62. The van der Waals surface area contributed by atoms with Gasteiger partial charge in [0, 0.05) is 26.2 Å². The number of nitrogens with one attached hydrogen (secondary N) is 3. The van der Waals surface area contributed by atoms with Crippen molar-refractivity contribution in [3.8, 4) is 0 Å². The largest absolute Gasteiger partial charge is 0.325 e. The molecule has 0 aromatic heterocycles. The van der Waals surface area contributed by atoms with Crippen molar-refractivity contribution in [3.63, 3.8) is 0 Å². The van der Waals surface area contributed by atoms with Crippen molar-refractivity contribution < 1.29 is 4.79 Å². The quantitative estimate of drug-likeness (QED) is 0.701. The number of halogens is 3. The van der Waals surface area contributed by atoms with Gasteiger partial charge in [0.25, 0.3) is 0 Å². The number of hydrogen-bond acceptors (Lipinski definition) is 3. The van der Waals surface area contributed by atoms with Gasteiger partial charge in [-0.15, -0.1) is 0 Å². The summed E-state index contributed by atoms with van der Waals surface area (Å²) in [6.45, 7) is 0. The molecule has 4 nitrogen and oxygen atoms in total. The van der Waals surface area contributed by atoms with Crippen LogP contribution < -0.4 is 16.2 Å². The van der Waals surface area contributed by atoms with Crippen LogP contribution >= 0.6 is 39.1 Å². The summed E-state index contributed by atoms with van der Waals surface area (Å²) in [5.74, 6) is -0.129. The predicted molar refractivity (Wildman–Crippen MR) is 96.7 cm³/mol. The van der Waals surface area contributed by atoms with Gasteiger partial charge in [0.15, 0.2) is 0 Å². The zero-order valence-electron chi connectivity index (χ0n) is 11.9. The number of benzene rings is 2. The van der Waals surface area contributed by atoms with Crippen molar-refractivity contribution in [2.45, 2.75) is 18.5 Å². The van der Waals surface area contributed by atoms with Crippen LogP contribution in [-0.4, -0.2) is 11.9 Å². The molecule has 0 radical (unpaired) electrons. The maximum Gasteiger partial charge on any atom is 0.242 e. The lowest BCUT2D eigenvalue weighted by atomic mass is 10.0. The van der Waals surface area contributed by atoms with E-state index < -0.39 is 0 Å². The fourth-order valence-electron chi connectivity index (χ4n) is 2.50. The van der Waals surface area contributed by atoms with E-state index in [1.807, 2.05) is 24.3 Å². The number of rotatable bonds is 3. The molecule has 2 atom stereocenters. The Morgan fingerprint density at radius 2 is 1.74 bits per heavy atom. The molecule has 2 aromatic rings. The highest BCUT2D eigenvalue weighted by Crippen LogP contribution is 2.26. The Morgan fingerprint density at radius 1 is 1.09 bits per heavy atom. The van der Waals surface area contributed by atoms with Crippen LogP contribution in [0.2, 0.25) is 10.0 Å².